The minimum atomic E-state index is -0.407. The van der Waals surface area contributed by atoms with Crippen molar-refractivity contribution < 1.29 is 0 Å². The van der Waals surface area contributed by atoms with E-state index in [9.17, 15) is 9.59 Å². The number of aromatic nitrogens is 4. The van der Waals surface area contributed by atoms with Crippen molar-refractivity contribution in [3.8, 4) is 0 Å². The number of imidazole rings is 1. The second-order valence-electron chi connectivity index (χ2n) is 8.53. The number of anilines is 1. The molecule has 2 N–H and O–H groups in total. The first-order valence-corrected chi connectivity index (χ1v) is 11.3. The maximum absolute atomic E-state index is 13.6. The fourth-order valence-electron chi connectivity index (χ4n) is 4.26. The number of hydrogen-bond donors (Lipinski definition) is 1. The van der Waals surface area contributed by atoms with Crippen molar-refractivity contribution in [2.45, 2.75) is 39.0 Å². The van der Waals surface area contributed by atoms with E-state index in [1.165, 1.54) is 9.13 Å². The smallest absolute Gasteiger partial charge is 0.332 e. The summed E-state index contributed by atoms with van der Waals surface area (Å²) >= 11 is 0. The SMILES string of the molecule is CCCCn1c(N(C)CCN)nc2c1c(=O)n(CC1=NC3C(=CC=CN3C)C=C1)c(=O)n2C. The Balaban J connectivity index is 1.82. The maximum Gasteiger partial charge on any atom is 0.332 e. The molecule has 0 aromatic carbocycles. The van der Waals surface area contributed by atoms with Gasteiger partial charge in [-0.1, -0.05) is 25.5 Å². The lowest BCUT2D eigenvalue weighted by atomic mass is 10.1. The minimum Gasteiger partial charge on any atom is -0.355 e. The van der Waals surface area contributed by atoms with Crippen molar-refractivity contribution in [3.05, 3.63) is 56.9 Å². The zero-order chi connectivity index (χ0) is 23.7. The highest BCUT2D eigenvalue weighted by Crippen LogP contribution is 2.22. The molecular weight excluding hydrogens is 420 g/mol. The molecule has 1 unspecified atom stereocenters. The maximum atomic E-state index is 13.6. The Kier molecular flexibility index (Phi) is 6.37. The molecule has 1 atom stereocenters. The summed E-state index contributed by atoms with van der Waals surface area (Å²) in [6.07, 6.45) is 11.5. The Hall–Kier alpha value is -3.40. The van der Waals surface area contributed by atoms with Crippen LogP contribution in [-0.2, 0) is 20.1 Å². The van der Waals surface area contributed by atoms with Gasteiger partial charge >= 0.3 is 5.69 Å². The monoisotopic (exact) mass is 452 g/mol. The number of fused-ring (bicyclic) bond motifs is 2. The lowest BCUT2D eigenvalue weighted by Gasteiger charge is -2.29. The molecule has 2 aromatic rings. The number of hydrogen-bond acceptors (Lipinski definition) is 7. The van der Waals surface area contributed by atoms with Gasteiger partial charge in [0.15, 0.2) is 11.2 Å². The molecule has 4 rings (SSSR count). The molecule has 2 aliphatic heterocycles. The van der Waals surface area contributed by atoms with Gasteiger partial charge in [-0.15, -0.1) is 0 Å². The number of unbranched alkanes of at least 4 members (excludes halogenated alkanes) is 1. The van der Waals surface area contributed by atoms with E-state index in [4.69, 9.17) is 10.7 Å². The van der Waals surface area contributed by atoms with Gasteiger partial charge in [0, 0.05) is 47.0 Å². The number of nitrogens with zero attached hydrogens (tertiary/aromatic N) is 7. The van der Waals surface area contributed by atoms with E-state index in [1.807, 2.05) is 59.0 Å². The van der Waals surface area contributed by atoms with Crippen LogP contribution >= 0.6 is 0 Å². The highest BCUT2D eigenvalue weighted by atomic mass is 16.2. The van der Waals surface area contributed by atoms with Crippen LogP contribution in [0.25, 0.3) is 11.2 Å². The molecular formula is C23H32N8O2. The zero-order valence-electron chi connectivity index (χ0n) is 19.7. The minimum absolute atomic E-state index is 0.103. The van der Waals surface area contributed by atoms with Crippen molar-refractivity contribution in [2.24, 2.45) is 17.8 Å². The Morgan fingerprint density at radius 3 is 2.70 bits per heavy atom. The van der Waals surface area contributed by atoms with Crippen LogP contribution in [-0.4, -0.2) is 62.6 Å². The lowest BCUT2D eigenvalue weighted by molar-refractivity contribution is 0.378. The van der Waals surface area contributed by atoms with Gasteiger partial charge in [-0.25, -0.2) is 4.79 Å². The number of aryl methyl sites for hydroxylation is 2. The Bertz CT molecular complexity index is 1290. The van der Waals surface area contributed by atoms with Crippen molar-refractivity contribution in [3.63, 3.8) is 0 Å². The van der Waals surface area contributed by atoms with Crippen LogP contribution in [0.4, 0.5) is 5.95 Å². The summed E-state index contributed by atoms with van der Waals surface area (Å²) in [6, 6.07) is 0. The van der Waals surface area contributed by atoms with Crippen molar-refractivity contribution in [1.29, 1.82) is 0 Å². The third-order valence-corrected chi connectivity index (χ3v) is 6.12. The number of nitrogens with two attached hydrogens (primary N) is 1. The van der Waals surface area contributed by atoms with E-state index >= 15 is 0 Å². The first-order chi connectivity index (χ1) is 15.9. The average molecular weight is 453 g/mol. The molecule has 4 heterocycles. The van der Waals surface area contributed by atoms with E-state index in [0.29, 0.717) is 42.5 Å². The Morgan fingerprint density at radius 1 is 1.18 bits per heavy atom. The van der Waals surface area contributed by atoms with Crippen LogP contribution < -0.4 is 21.9 Å². The van der Waals surface area contributed by atoms with Gasteiger partial charge in [0.25, 0.3) is 5.56 Å². The molecule has 2 aliphatic rings. The van der Waals surface area contributed by atoms with Crippen molar-refractivity contribution in [2.75, 3.05) is 32.1 Å². The molecule has 0 saturated heterocycles. The Labute approximate surface area is 192 Å². The van der Waals surface area contributed by atoms with E-state index in [1.54, 1.807) is 7.05 Å². The summed E-state index contributed by atoms with van der Waals surface area (Å²) < 4.78 is 4.63. The number of allylic oxidation sites excluding steroid dienone is 3. The van der Waals surface area contributed by atoms with Crippen LogP contribution in [0.1, 0.15) is 19.8 Å². The topological polar surface area (TPSA) is 107 Å². The van der Waals surface area contributed by atoms with Gasteiger partial charge < -0.3 is 20.1 Å². The van der Waals surface area contributed by atoms with Crippen LogP contribution in [0.15, 0.2) is 50.7 Å². The van der Waals surface area contributed by atoms with Crippen LogP contribution in [0, 0.1) is 0 Å². The summed E-state index contributed by atoms with van der Waals surface area (Å²) in [6.45, 7) is 3.90. The van der Waals surface area contributed by atoms with E-state index < -0.39 is 5.69 Å². The van der Waals surface area contributed by atoms with E-state index in [2.05, 4.69) is 11.9 Å². The molecule has 0 amide bonds. The fourth-order valence-corrected chi connectivity index (χ4v) is 4.26. The molecule has 0 fully saturated rings. The molecule has 0 saturated carbocycles. The van der Waals surface area contributed by atoms with Gasteiger partial charge in [0.05, 0.1) is 12.3 Å². The molecule has 0 radical (unpaired) electrons. The summed E-state index contributed by atoms with van der Waals surface area (Å²) in [5.74, 6) is 0.647. The average Bonchev–Trinajstić information content (AvgIpc) is 3.19. The molecule has 10 nitrogen and oxygen atoms in total. The second kappa shape index (κ2) is 9.22. The second-order valence-corrected chi connectivity index (χ2v) is 8.53. The zero-order valence-corrected chi connectivity index (χ0v) is 19.7. The predicted octanol–water partition coefficient (Wildman–Crippen LogP) is 0.814. The number of dihydropyridines is 1. The molecule has 0 spiro atoms. The van der Waals surface area contributed by atoms with Crippen molar-refractivity contribution >= 4 is 22.8 Å². The summed E-state index contributed by atoms with van der Waals surface area (Å²) in [5.41, 5.74) is 7.57. The summed E-state index contributed by atoms with van der Waals surface area (Å²) in [4.78, 5) is 40.2. The molecule has 176 valence electrons. The van der Waals surface area contributed by atoms with Crippen molar-refractivity contribution in [1.82, 2.24) is 23.6 Å². The van der Waals surface area contributed by atoms with Gasteiger partial charge in [-0.3, -0.25) is 18.9 Å². The van der Waals surface area contributed by atoms with Gasteiger partial charge in [0.1, 0.15) is 6.17 Å². The van der Waals surface area contributed by atoms with E-state index in [0.717, 1.165) is 18.4 Å². The summed E-state index contributed by atoms with van der Waals surface area (Å²) in [7, 11) is 5.51. The van der Waals surface area contributed by atoms with Crippen LogP contribution in [0.5, 0.6) is 0 Å². The first kappa shape index (κ1) is 22.8. The van der Waals surface area contributed by atoms with Crippen LogP contribution in [0.3, 0.4) is 0 Å². The van der Waals surface area contributed by atoms with Gasteiger partial charge in [0.2, 0.25) is 5.95 Å². The summed E-state index contributed by atoms with van der Waals surface area (Å²) in [5, 5.41) is 0. The standard InChI is InChI=1S/C23H32N8O2/c1-5-6-13-30-18-20(26-22(30)28(3)14-11-24)29(4)23(33)31(21(18)32)15-17-10-9-16-8-7-12-27(2)19(16)25-17/h7-10,12,19H,5-6,11,13-15,24H2,1-4H3. The third kappa shape index (κ3) is 4.06. The number of rotatable bonds is 8. The Morgan fingerprint density at radius 2 is 1.97 bits per heavy atom. The lowest BCUT2D eigenvalue weighted by Crippen LogP contribution is -2.42. The van der Waals surface area contributed by atoms with Crippen LogP contribution in [0.2, 0.25) is 0 Å². The molecule has 2 aromatic heterocycles. The molecule has 10 heteroatoms. The third-order valence-electron chi connectivity index (χ3n) is 6.12. The molecule has 33 heavy (non-hydrogen) atoms. The predicted molar refractivity (Wildman–Crippen MR) is 132 cm³/mol. The largest absolute Gasteiger partial charge is 0.355 e. The highest BCUT2D eigenvalue weighted by molar-refractivity contribution is 5.96. The number of aliphatic imine (C=N–C) groups is 1. The molecule has 0 aliphatic carbocycles. The van der Waals surface area contributed by atoms with E-state index in [-0.39, 0.29) is 18.3 Å². The normalized spacial score (nSPS) is 17.4. The quantitative estimate of drug-likeness (QED) is 0.635. The van der Waals surface area contributed by atoms with Gasteiger partial charge in [-0.2, -0.15) is 4.98 Å². The molecule has 0 bridgehead atoms. The fraction of sp³-hybridized carbons (Fsp3) is 0.478. The highest BCUT2D eigenvalue weighted by Gasteiger charge is 2.24. The first-order valence-electron chi connectivity index (χ1n) is 11.3. The number of likely N-dealkylation sites (N-methyl/N-ethyl adjacent to an activating group) is 2. The van der Waals surface area contributed by atoms with Gasteiger partial charge in [-0.05, 0) is 24.1 Å².